The number of aliphatic imine (C=N–C) groups is 2. The van der Waals surface area contributed by atoms with Crippen molar-refractivity contribution in [2.75, 3.05) is 32.8 Å². The highest BCUT2D eigenvalue weighted by atomic mass is 19.1. The molecule has 0 bridgehead atoms. The van der Waals surface area contributed by atoms with Crippen molar-refractivity contribution in [3.05, 3.63) is 89.8 Å². The fourth-order valence-corrected chi connectivity index (χ4v) is 5.84. The third-order valence-electron chi connectivity index (χ3n) is 8.18. The first kappa shape index (κ1) is 33.7. The van der Waals surface area contributed by atoms with Crippen molar-refractivity contribution in [2.24, 2.45) is 15.4 Å². The molecule has 0 spiro atoms. The summed E-state index contributed by atoms with van der Waals surface area (Å²) in [6.07, 6.45) is 9.64. The highest BCUT2D eigenvalue weighted by Crippen LogP contribution is 2.38. The van der Waals surface area contributed by atoms with Crippen LogP contribution >= 0.6 is 0 Å². The molecule has 2 unspecified atom stereocenters. The minimum absolute atomic E-state index is 0.00332. The number of amides is 1. The zero-order chi connectivity index (χ0) is 31.7. The van der Waals surface area contributed by atoms with Crippen LogP contribution in [0.3, 0.4) is 0 Å². The van der Waals surface area contributed by atoms with Crippen LogP contribution < -0.4 is 0 Å². The van der Waals surface area contributed by atoms with Gasteiger partial charge in [0.2, 0.25) is 0 Å². The molecule has 1 fully saturated rings. The Kier molecular flexibility index (Phi) is 11.8. The molecular formula is C35H46F2N4O2. The molecule has 2 heterocycles. The standard InChI is InChI=1S/C35H46F2N4O2/c1-9-30(33-35(8,10-2)15-13-14-16-39-33)32(26(7)41-18-17-40(23-25(41)6)34(42)43-12-4)31(38-11-3)19-24(5)27-20-28(36)22-29(37)21-27/h9-10,14,16,20-22,25H,2,5,11-13,15,17-19,23H2,1,3-4,6-8H3/b30-9+,32-26+,38-31?. The summed E-state index contributed by atoms with van der Waals surface area (Å²) in [5.41, 5.74) is 5.01. The first-order valence-corrected chi connectivity index (χ1v) is 15.1. The van der Waals surface area contributed by atoms with Crippen LogP contribution in [-0.4, -0.2) is 66.1 Å². The average Bonchev–Trinajstić information content (AvgIpc) is 3.16. The maximum absolute atomic E-state index is 14.2. The van der Waals surface area contributed by atoms with Gasteiger partial charge < -0.3 is 14.5 Å². The second-order valence-corrected chi connectivity index (χ2v) is 11.2. The molecule has 0 N–H and O–H groups in total. The molecule has 1 aromatic carbocycles. The molecule has 2 atom stereocenters. The smallest absolute Gasteiger partial charge is 0.409 e. The van der Waals surface area contributed by atoms with Crippen LogP contribution in [0.25, 0.3) is 5.57 Å². The summed E-state index contributed by atoms with van der Waals surface area (Å²) < 4.78 is 33.6. The lowest BCUT2D eigenvalue weighted by atomic mass is 9.74. The van der Waals surface area contributed by atoms with Crippen molar-refractivity contribution in [3.8, 4) is 0 Å². The summed E-state index contributed by atoms with van der Waals surface area (Å²) in [7, 11) is 0. The fourth-order valence-electron chi connectivity index (χ4n) is 5.84. The minimum Gasteiger partial charge on any atom is -0.450 e. The third-order valence-corrected chi connectivity index (χ3v) is 8.18. The SMILES string of the molecule is C=CC1(C)CCC=CN=C1C(=C/C)/C(C(CC(=C)c1cc(F)cc(F)c1)=NCC)=C(/C)N1CCN(C(=O)OCC)CC1C. The first-order chi connectivity index (χ1) is 20.5. The van der Waals surface area contributed by atoms with Crippen LogP contribution in [0.1, 0.15) is 66.4 Å². The molecule has 0 saturated carbocycles. The van der Waals surface area contributed by atoms with Crippen LogP contribution in [0.4, 0.5) is 13.6 Å². The van der Waals surface area contributed by atoms with Crippen molar-refractivity contribution < 1.29 is 18.3 Å². The number of nitrogens with zero attached hydrogens (tertiary/aromatic N) is 4. The number of hydrogen-bond donors (Lipinski definition) is 0. The Bertz CT molecular complexity index is 1350. The van der Waals surface area contributed by atoms with E-state index in [2.05, 4.69) is 51.0 Å². The highest BCUT2D eigenvalue weighted by Gasteiger charge is 2.35. The highest BCUT2D eigenvalue weighted by molar-refractivity contribution is 6.20. The van der Waals surface area contributed by atoms with Gasteiger partial charge >= 0.3 is 6.09 Å². The normalized spacial score (nSPS) is 22.0. The van der Waals surface area contributed by atoms with E-state index in [1.54, 1.807) is 11.8 Å². The molecular weight excluding hydrogens is 546 g/mol. The van der Waals surface area contributed by atoms with Gasteiger partial charge in [-0.25, -0.2) is 13.6 Å². The Morgan fingerprint density at radius 2 is 1.93 bits per heavy atom. The number of rotatable bonds is 10. The molecule has 1 aromatic rings. The Morgan fingerprint density at radius 1 is 1.23 bits per heavy atom. The van der Waals surface area contributed by atoms with Gasteiger partial charge in [0.1, 0.15) is 11.6 Å². The van der Waals surface area contributed by atoms with E-state index >= 15 is 0 Å². The second kappa shape index (κ2) is 15.1. The van der Waals surface area contributed by atoms with E-state index in [4.69, 9.17) is 14.7 Å². The number of halogens is 2. The van der Waals surface area contributed by atoms with E-state index in [0.717, 1.165) is 47.2 Å². The fraction of sp³-hybridized carbons (Fsp3) is 0.457. The van der Waals surface area contributed by atoms with Gasteiger partial charge in [0.15, 0.2) is 0 Å². The van der Waals surface area contributed by atoms with E-state index in [0.29, 0.717) is 43.9 Å². The van der Waals surface area contributed by atoms with Gasteiger partial charge in [-0.2, -0.15) is 0 Å². The Labute approximate surface area is 255 Å². The topological polar surface area (TPSA) is 57.5 Å². The summed E-state index contributed by atoms with van der Waals surface area (Å²) in [5, 5.41) is 0. The monoisotopic (exact) mass is 592 g/mol. The van der Waals surface area contributed by atoms with Crippen molar-refractivity contribution in [1.82, 2.24) is 9.80 Å². The molecule has 43 heavy (non-hydrogen) atoms. The van der Waals surface area contributed by atoms with E-state index < -0.39 is 17.0 Å². The number of hydrogen-bond acceptors (Lipinski definition) is 5. The maximum atomic E-state index is 14.2. The van der Waals surface area contributed by atoms with E-state index in [9.17, 15) is 13.6 Å². The Hall–Kier alpha value is -3.81. The molecule has 3 rings (SSSR count). The zero-order valence-corrected chi connectivity index (χ0v) is 26.6. The predicted octanol–water partition coefficient (Wildman–Crippen LogP) is 8.15. The van der Waals surface area contributed by atoms with E-state index in [1.165, 1.54) is 12.1 Å². The minimum atomic E-state index is -0.652. The van der Waals surface area contributed by atoms with Gasteiger partial charge in [0.25, 0.3) is 0 Å². The summed E-state index contributed by atoms with van der Waals surface area (Å²) >= 11 is 0. The van der Waals surface area contributed by atoms with E-state index in [-0.39, 0.29) is 18.6 Å². The van der Waals surface area contributed by atoms with Crippen LogP contribution in [0.5, 0.6) is 0 Å². The lowest BCUT2D eigenvalue weighted by Gasteiger charge is -2.42. The number of carbonyl (C=O) groups excluding carboxylic acids is 1. The summed E-state index contributed by atoms with van der Waals surface area (Å²) in [4.78, 5) is 26.4. The summed E-state index contributed by atoms with van der Waals surface area (Å²) in [6, 6.07) is 3.45. The zero-order valence-electron chi connectivity index (χ0n) is 26.6. The van der Waals surface area contributed by atoms with E-state index in [1.807, 2.05) is 26.1 Å². The maximum Gasteiger partial charge on any atom is 0.409 e. The Balaban J connectivity index is 2.18. The molecule has 0 aliphatic carbocycles. The van der Waals surface area contributed by atoms with Crippen molar-refractivity contribution in [2.45, 2.75) is 66.8 Å². The predicted molar refractivity (Wildman–Crippen MR) is 173 cm³/mol. The number of carbonyl (C=O) groups is 1. The number of ether oxygens (including phenoxy) is 1. The number of benzene rings is 1. The number of piperazine rings is 1. The van der Waals surface area contributed by atoms with Crippen LogP contribution in [-0.2, 0) is 4.74 Å². The number of allylic oxidation sites excluding steroid dienone is 7. The molecule has 2 aliphatic heterocycles. The molecule has 0 aromatic heterocycles. The summed E-state index contributed by atoms with van der Waals surface area (Å²) in [5.74, 6) is -1.30. The van der Waals surface area contributed by atoms with Crippen LogP contribution in [0, 0.1) is 17.0 Å². The van der Waals surface area contributed by atoms with Crippen molar-refractivity contribution in [3.63, 3.8) is 0 Å². The molecule has 2 aliphatic rings. The van der Waals surface area contributed by atoms with Gasteiger partial charge in [-0.15, -0.1) is 6.58 Å². The molecule has 1 saturated heterocycles. The van der Waals surface area contributed by atoms with Crippen LogP contribution in [0.15, 0.2) is 82.6 Å². The van der Waals surface area contributed by atoms with Gasteiger partial charge in [0.05, 0.1) is 12.3 Å². The second-order valence-electron chi connectivity index (χ2n) is 11.2. The van der Waals surface area contributed by atoms with Gasteiger partial charge in [-0.05, 0) is 70.7 Å². The van der Waals surface area contributed by atoms with Gasteiger partial charge in [-0.3, -0.25) is 9.98 Å². The molecule has 1 amide bonds. The van der Waals surface area contributed by atoms with Gasteiger partial charge in [-0.1, -0.05) is 31.7 Å². The lowest BCUT2D eigenvalue weighted by Crippen LogP contribution is -2.53. The molecule has 0 radical (unpaired) electrons. The lowest BCUT2D eigenvalue weighted by molar-refractivity contribution is 0.0697. The Morgan fingerprint density at radius 3 is 2.51 bits per heavy atom. The third kappa shape index (κ3) is 7.98. The summed E-state index contributed by atoms with van der Waals surface area (Å²) in [6.45, 7) is 22.9. The largest absolute Gasteiger partial charge is 0.450 e. The van der Waals surface area contributed by atoms with Crippen molar-refractivity contribution >= 4 is 23.1 Å². The molecule has 6 nitrogen and oxygen atoms in total. The quantitative estimate of drug-likeness (QED) is 0.157. The average molecular weight is 593 g/mol. The van der Waals surface area contributed by atoms with Crippen molar-refractivity contribution in [1.29, 1.82) is 0 Å². The van der Waals surface area contributed by atoms with Gasteiger partial charge in [0, 0.05) is 78.9 Å². The van der Waals surface area contributed by atoms with Crippen LogP contribution in [0.2, 0.25) is 0 Å². The molecule has 8 heteroatoms. The first-order valence-electron chi connectivity index (χ1n) is 15.1. The molecule has 232 valence electrons.